The average molecular weight is 1220 g/mol. The van der Waals surface area contributed by atoms with Crippen LogP contribution in [-0.2, 0) is 61.1 Å². The van der Waals surface area contributed by atoms with Gasteiger partial charge < -0.3 is 36.6 Å². The molecule has 0 aromatic heterocycles. The maximum atomic E-state index is 13.7. The standard InChI is InChI=1S/C66H86N8O12S/c1-8-72-54-35-34-50(87(83,84)85)43-52(54)66(6,7)56(72)27-13-9-14-28-57-65(4,5)51-25-16-17-26-53(51)73(57)40-18-10-12-23-49(75)24-21-39-69-64(82)86-44-46-30-32-48(33-31-46)70-62(80)47(22-20-38-68-63(67)81)42-55(76)61(45(2)3)71-58(77)29-15-11-19-41-74-59(78)36-37-60(74)79/h9,13-14,16-17,25-28,30-37,43,45,47,61H,8,10-12,15,18-24,29,38-42,44H2,1-7H3,(H6-,67,68,69,70,71,77,80,81,82,83,84,85)/p+1/t47-,61+/m1/s1. The molecule has 3 aliphatic rings. The van der Waals surface area contributed by atoms with Crippen molar-refractivity contribution in [2.45, 2.75) is 160 Å². The van der Waals surface area contributed by atoms with Crippen molar-refractivity contribution >= 4 is 80.2 Å². The van der Waals surface area contributed by atoms with E-state index in [1.165, 1.54) is 35.2 Å². The summed E-state index contributed by atoms with van der Waals surface area (Å²) in [5, 5.41) is 10.9. The Morgan fingerprint density at radius 3 is 2.13 bits per heavy atom. The molecule has 3 aromatic carbocycles. The van der Waals surface area contributed by atoms with Crippen LogP contribution in [0.2, 0.25) is 0 Å². The number of likely N-dealkylation sites (N-methyl/N-ethyl adjacent to an activating group) is 1. The highest BCUT2D eigenvalue weighted by Crippen LogP contribution is 2.48. The van der Waals surface area contributed by atoms with Crippen LogP contribution in [0, 0.1) is 11.8 Å². The lowest BCUT2D eigenvalue weighted by molar-refractivity contribution is -0.438. The first-order valence-electron chi connectivity index (χ1n) is 30.2. The maximum Gasteiger partial charge on any atom is 0.407 e. The van der Waals surface area contributed by atoms with E-state index in [-0.39, 0.29) is 91.0 Å². The number of alkyl carbamates (subject to hydrolysis) is 1. The summed E-state index contributed by atoms with van der Waals surface area (Å²) in [6.07, 6.45) is 18.0. The van der Waals surface area contributed by atoms with E-state index in [1.807, 2.05) is 25.2 Å². The van der Waals surface area contributed by atoms with Gasteiger partial charge in [0.1, 0.15) is 18.9 Å². The second kappa shape index (κ2) is 31.6. The monoisotopic (exact) mass is 1220 g/mol. The van der Waals surface area contributed by atoms with Crippen LogP contribution in [0.1, 0.15) is 149 Å². The van der Waals surface area contributed by atoms with Crippen LogP contribution in [-0.4, -0.2) is 114 Å². The number of rotatable bonds is 34. The highest BCUT2D eigenvalue weighted by molar-refractivity contribution is 7.85. The van der Waals surface area contributed by atoms with Crippen molar-refractivity contribution in [3.63, 3.8) is 0 Å². The van der Waals surface area contributed by atoms with Crippen molar-refractivity contribution in [2.75, 3.05) is 42.9 Å². The third kappa shape index (κ3) is 19.0. The molecule has 6 rings (SSSR count). The number of urea groups is 1. The number of benzene rings is 3. The van der Waals surface area contributed by atoms with Gasteiger partial charge in [0.05, 0.1) is 16.4 Å². The Hall–Kier alpha value is -8.04. The molecule has 2 atom stereocenters. The van der Waals surface area contributed by atoms with E-state index < -0.39 is 45.5 Å². The van der Waals surface area contributed by atoms with Crippen LogP contribution in [0.4, 0.5) is 26.7 Å². The number of para-hydroxylation sites is 1. The Labute approximate surface area is 511 Å². The first kappa shape index (κ1) is 68.1. The minimum atomic E-state index is -4.34. The van der Waals surface area contributed by atoms with Crippen LogP contribution in [0.5, 0.6) is 0 Å². The molecular formula is C66H87N8O12S+. The van der Waals surface area contributed by atoms with Crippen molar-refractivity contribution in [3.8, 4) is 0 Å². The molecule has 468 valence electrons. The largest absolute Gasteiger partial charge is 0.445 e. The Balaban J connectivity index is 0.900. The number of carbonyl (C=O) groups excluding carboxylic acids is 8. The summed E-state index contributed by atoms with van der Waals surface area (Å²) < 4.78 is 41.4. The molecule has 0 fully saturated rings. The topological polar surface area (TPSA) is 284 Å². The van der Waals surface area contributed by atoms with E-state index in [0.29, 0.717) is 62.7 Å². The molecular weight excluding hydrogens is 1130 g/mol. The summed E-state index contributed by atoms with van der Waals surface area (Å²) >= 11 is 0. The van der Waals surface area contributed by atoms with Crippen molar-refractivity contribution in [1.29, 1.82) is 0 Å². The number of anilines is 2. The number of hydrogen-bond acceptors (Lipinski definition) is 12. The number of ether oxygens (including phenoxy) is 1. The van der Waals surface area contributed by atoms with Crippen LogP contribution >= 0.6 is 0 Å². The minimum absolute atomic E-state index is 0.0459. The van der Waals surface area contributed by atoms with Crippen LogP contribution in [0.15, 0.2) is 120 Å². The number of imide groups is 1. The number of unbranched alkanes of at least 4 members (excludes halogenated alkanes) is 4. The molecule has 3 aliphatic heterocycles. The van der Waals surface area contributed by atoms with E-state index in [1.54, 1.807) is 50.2 Å². The van der Waals surface area contributed by atoms with Gasteiger partial charge in [0, 0.05) is 117 Å². The summed E-state index contributed by atoms with van der Waals surface area (Å²) in [5.74, 6) is -2.73. The molecule has 0 bridgehead atoms. The number of nitrogens with two attached hydrogens (primary N) is 1. The number of nitrogens with one attached hydrogen (secondary N) is 4. The third-order valence-electron chi connectivity index (χ3n) is 16.2. The molecule has 20 nitrogen and oxygen atoms in total. The number of primary amides is 1. The quantitative estimate of drug-likeness (QED) is 0.0107. The molecule has 3 heterocycles. The molecule has 0 spiro atoms. The number of carbonyl (C=O) groups is 8. The lowest BCUT2D eigenvalue weighted by atomic mass is 9.81. The predicted molar refractivity (Wildman–Crippen MR) is 335 cm³/mol. The number of Topliss-reactive ketones (excluding diaryl/α,β-unsaturated/α-hetero) is 2. The maximum absolute atomic E-state index is 13.7. The molecule has 7 N–H and O–H groups in total. The van der Waals surface area contributed by atoms with E-state index in [4.69, 9.17) is 10.5 Å². The molecule has 0 saturated carbocycles. The highest BCUT2D eigenvalue weighted by Gasteiger charge is 2.44. The van der Waals surface area contributed by atoms with Crippen LogP contribution < -0.4 is 31.9 Å². The number of ketones is 2. The molecule has 0 radical (unpaired) electrons. The van der Waals surface area contributed by atoms with E-state index in [0.717, 1.165) is 47.7 Å². The zero-order valence-corrected chi connectivity index (χ0v) is 52.1. The second-order valence-electron chi connectivity index (χ2n) is 23.7. The second-order valence-corrected chi connectivity index (χ2v) is 25.1. The van der Waals surface area contributed by atoms with Gasteiger partial charge in [-0.3, -0.25) is 38.2 Å². The molecule has 0 saturated heterocycles. The summed E-state index contributed by atoms with van der Waals surface area (Å²) in [6.45, 7) is 16.4. The van der Waals surface area contributed by atoms with Crippen molar-refractivity contribution in [2.24, 2.45) is 17.6 Å². The van der Waals surface area contributed by atoms with E-state index >= 15 is 0 Å². The Bertz CT molecular complexity index is 3270. The van der Waals surface area contributed by atoms with Gasteiger partial charge in [-0.15, -0.1) is 0 Å². The highest BCUT2D eigenvalue weighted by atomic mass is 32.2. The van der Waals surface area contributed by atoms with Gasteiger partial charge in [-0.2, -0.15) is 13.0 Å². The molecule has 7 amide bonds. The number of nitrogens with zero attached hydrogens (tertiary/aromatic N) is 3. The van der Waals surface area contributed by atoms with E-state index in [9.17, 15) is 51.3 Å². The number of allylic oxidation sites excluding steroid dienone is 6. The normalized spacial score (nSPS) is 16.2. The summed E-state index contributed by atoms with van der Waals surface area (Å²) in [7, 11) is -4.34. The molecule has 0 aliphatic carbocycles. The Morgan fingerprint density at radius 1 is 0.759 bits per heavy atom. The van der Waals surface area contributed by atoms with Gasteiger partial charge in [-0.25, -0.2) is 9.59 Å². The Morgan fingerprint density at radius 2 is 1.44 bits per heavy atom. The fourth-order valence-electron chi connectivity index (χ4n) is 11.4. The zero-order chi connectivity index (χ0) is 63.5. The SMILES string of the molecule is CCN1C(=CC=CC=CC2=[N+](CCCCCC(=O)CCCNC(=O)OCc3ccc(NC(=O)[C@H](CCCNC(N)=O)CC(=O)[C@@H](NC(=O)CCCCCN4C(=O)C=CC4=O)C(C)C)cc3)c3ccccc3C2(C)C)C(C)(C)c2cc(S(=O)(=O)O)ccc21. The molecule has 87 heavy (non-hydrogen) atoms. The van der Waals surface area contributed by atoms with Gasteiger partial charge >= 0.3 is 12.1 Å². The summed E-state index contributed by atoms with van der Waals surface area (Å²) in [5.41, 5.74) is 11.9. The van der Waals surface area contributed by atoms with Gasteiger partial charge in [-0.1, -0.05) is 82.7 Å². The van der Waals surface area contributed by atoms with Crippen molar-refractivity contribution in [1.82, 2.24) is 20.9 Å². The number of amides is 7. The fraction of sp³-hybridized carbons (Fsp3) is 0.470. The first-order chi connectivity index (χ1) is 41.3. The van der Waals surface area contributed by atoms with Crippen molar-refractivity contribution in [3.05, 3.63) is 132 Å². The van der Waals surface area contributed by atoms with Gasteiger partial charge in [0.15, 0.2) is 11.5 Å². The van der Waals surface area contributed by atoms with Gasteiger partial charge in [0.2, 0.25) is 17.5 Å². The predicted octanol–water partition coefficient (Wildman–Crippen LogP) is 9.55. The smallest absolute Gasteiger partial charge is 0.407 e. The molecule has 0 unspecified atom stereocenters. The zero-order valence-electron chi connectivity index (χ0n) is 51.3. The number of fused-ring (bicyclic) bond motifs is 2. The van der Waals surface area contributed by atoms with E-state index in [2.05, 4.69) is 94.9 Å². The van der Waals surface area contributed by atoms with Gasteiger partial charge in [-0.05, 0) is 119 Å². The molecule has 21 heteroatoms. The third-order valence-corrected chi connectivity index (χ3v) is 17.1. The fourth-order valence-corrected chi connectivity index (χ4v) is 11.9. The van der Waals surface area contributed by atoms with Crippen molar-refractivity contribution < 1.29 is 60.6 Å². The molecule has 3 aromatic rings. The summed E-state index contributed by atoms with van der Waals surface area (Å²) in [6, 6.07) is 18.3. The first-order valence-corrected chi connectivity index (χ1v) is 31.7. The van der Waals surface area contributed by atoms with Gasteiger partial charge in [0.25, 0.3) is 21.9 Å². The average Bonchev–Trinajstić information content (AvgIpc) is 1.67. The minimum Gasteiger partial charge on any atom is -0.445 e. The lowest BCUT2D eigenvalue weighted by Gasteiger charge is -2.25. The van der Waals surface area contributed by atoms with Crippen LogP contribution in [0.3, 0.4) is 0 Å². The number of hydrogen-bond donors (Lipinski definition) is 6. The summed E-state index contributed by atoms with van der Waals surface area (Å²) in [4.78, 5) is 104. The van der Waals surface area contributed by atoms with Crippen LogP contribution in [0.25, 0.3) is 0 Å². The Kier molecular flexibility index (Phi) is 24.7. The lowest BCUT2D eigenvalue weighted by Crippen LogP contribution is -2.45.